The van der Waals surface area contributed by atoms with E-state index in [9.17, 15) is 5.11 Å². The molecule has 0 aliphatic carbocycles. The molecule has 2 N–H and O–H groups in total. The van der Waals surface area contributed by atoms with Crippen LogP contribution in [0, 0.1) is 0 Å². The standard InChI is InChI=1S/C8H8ClN2O2/c9-5-1-6(7(10)11-2-5)8(12)3-13-4-8/h1-2,12H,3-4H2,(H-,10,11)/q-1. The van der Waals surface area contributed by atoms with E-state index in [1.807, 2.05) is 0 Å². The number of hydrogen-bond donors (Lipinski definition) is 1. The number of halogens is 1. The molecule has 1 aromatic rings. The lowest BCUT2D eigenvalue weighted by atomic mass is 9.93. The zero-order chi connectivity index (χ0) is 9.47. The van der Waals surface area contributed by atoms with Gasteiger partial charge in [-0.05, 0) is 11.6 Å². The van der Waals surface area contributed by atoms with E-state index in [0.29, 0.717) is 10.6 Å². The van der Waals surface area contributed by atoms with Crippen LogP contribution < -0.4 is 0 Å². The Bertz CT molecular complexity index is 339. The highest BCUT2D eigenvalue weighted by Crippen LogP contribution is 2.35. The summed E-state index contributed by atoms with van der Waals surface area (Å²) in [6.07, 6.45) is 1.39. The molecule has 0 spiro atoms. The summed E-state index contributed by atoms with van der Waals surface area (Å²) in [6.45, 7) is 0.418. The predicted molar refractivity (Wildman–Crippen MR) is 47.9 cm³/mol. The molecule has 0 bridgehead atoms. The van der Waals surface area contributed by atoms with E-state index >= 15 is 0 Å². The molecule has 5 heteroatoms. The van der Waals surface area contributed by atoms with Gasteiger partial charge in [-0.2, -0.15) is 0 Å². The van der Waals surface area contributed by atoms with Crippen LogP contribution in [0.25, 0.3) is 5.73 Å². The number of aliphatic hydroxyl groups is 1. The molecule has 13 heavy (non-hydrogen) atoms. The zero-order valence-corrected chi connectivity index (χ0v) is 7.51. The van der Waals surface area contributed by atoms with Crippen molar-refractivity contribution < 1.29 is 9.84 Å². The minimum Gasteiger partial charge on any atom is -0.482 e. The molecule has 1 aliphatic rings. The zero-order valence-electron chi connectivity index (χ0n) is 6.75. The Balaban J connectivity index is 2.43. The van der Waals surface area contributed by atoms with Crippen LogP contribution in [0.2, 0.25) is 5.02 Å². The third kappa shape index (κ3) is 1.37. The number of aromatic nitrogens is 1. The van der Waals surface area contributed by atoms with Crippen LogP contribution in [0.1, 0.15) is 5.56 Å². The lowest BCUT2D eigenvalue weighted by molar-refractivity contribution is -0.184. The molecule has 2 heterocycles. The highest BCUT2D eigenvalue weighted by atomic mass is 35.5. The van der Waals surface area contributed by atoms with Crippen LogP contribution in [0.4, 0.5) is 5.82 Å². The van der Waals surface area contributed by atoms with Crippen LogP contribution in [0.15, 0.2) is 12.3 Å². The second kappa shape index (κ2) is 2.83. The summed E-state index contributed by atoms with van der Waals surface area (Å²) in [4.78, 5) is 3.75. The van der Waals surface area contributed by atoms with E-state index in [0.717, 1.165) is 0 Å². The Morgan fingerprint density at radius 1 is 1.62 bits per heavy atom. The van der Waals surface area contributed by atoms with Gasteiger partial charge in [0, 0.05) is 5.02 Å². The SMILES string of the molecule is [NH-]c1ncc(Cl)cc1C1(O)COC1. The smallest absolute Gasteiger partial charge is 0.136 e. The Morgan fingerprint density at radius 3 is 2.85 bits per heavy atom. The van der Waals surface area contributed by atoms with Gasteiger partial charge in [0.25, 0.3) is 0 Å². The molecule has 0 aromatic carbocycles. The number of rotatable bonds is 1. The molecule has 70 valence electrons. The largest absolute Gasteiger partial charge is 0.482 e. The summed E-state index contributed by atoms with van der Waals surface area (Å²) in [7, 11) is 0. The van der Waals surface area contributed by atoms with Gasteiger partial charge in [-0.3, -0.25) is 0 Å². The van der Waals surface area contributed by atoms with E-state index in [2.05, 4.69) is 4.98 Å². The molecular weight excluding hydrogens is 192 g/mol. The minimum atomic E-state index is -1.06. The summed E-state index contributed by atoms with van der Waals surface area (Å²) < 4.78 is 4.88. The first kappa shape index (κ1) is 8.74. The van der Waals surface area contributed by atoms with E-state index in [1.54, 1.807) is 6.07 Å². The van der Waals surface area contributed by atoms with Crippen molar-refractivity contribution in [3.05, 3.63) is 28.6 Å². The summed E-state index contributed by atoms with van der Waals surface area (Å²) in [5, 5.41) is 10.3. The molecular formula is C8H8ClN2O2-. The average molecular weight is 200 g/mol. The fraction of sp³-hybridized carbons (Fsp3) is 0.375. The van der Waals surface area contributed by atoms with Gasteiger partial charge >= 0.3 is 0 Å². The Morgan fingerprint density at radius 2 is 2.31 bits per heavy atom. The van der Waals surface area contributed by atoms with Crippen molar-refractivity contribution in [2.45, 2.75) is 5.60 Å². The minimum absolute atomic E-state index is 0.0511. The third-order valence-electron chi connectivity index (χ3n) is 2.04. The molecule has 0 saturated carbocycles. The van der Waals surface area contributed by atoms with Crippen LogP contribution in [0.5, 0.6) is 0 Å². The number of nitrogens with zero attached hydrogens (tertiary/aromatic N) is 1. The highest BCUT2D eigenvalue weighted by Gasteiger charge is 2.38. The van der Waals surface area contributed by atoms with Crippen molar-refractivity contribution in [2.24, 2.45) is 0 Å². The van der Waals surface area contributed by atoms with Crippen molar-refractivity contribution in [1.29, 1.82) is 0 Å². The van der Waals surface area contributed by atoms with Gasteiger partial charge in [0.2, 0.25) is 0 Å². The lowest BCUT2D eigenvalue weighted by Gasteiger charge is -2.38. The monoisotopic (exact) mass is 199 g/mol. The fourth-order valence-corrected chi connectivity index (χ4v) is 1.40. The Hall–Kier alpha value is -0.840. The molecule has 2 rings (SSSR count). The van der Waals surface area contributed by atoms with Crippen LogP contribution in [-0.2, 0) is 10.3 Å². The summed E-state index contributed by atoms with van der Waals surface area (Å²) in [5.41, 5.74) is 6.85. The van der Waals surface area contributed by atoms with Crippen molar-refractivity contribution in [3.63, 3.8) is 0 Å². The Labute approximate surface area is 80.3 Å². The first-order valence-electron chi connectivity index (χ1n) is 3.79. The maximum Gasteiger partial charge on any atom is 0.136 e. The Kier molecular flexibility index (Phi) is 1.91. The maximum absolute atomic E-state index is 9.84. The molecule has 0 unspecified atom stereocenters. The number of pyridine rings is 1. The van der Waals surface area contributed by atoms with Gasteiger partial charge < -0.3 is 20.6 Å². The maximum atomic E-state index is 9.84. The van der Waals surface area contributed by atoms with Crippen molar-refractivity contribution >= 4 is 17.4 Å². The highest BCUT2D eigenvalue weighted by molar-refractivity contribution is 6.30. The first-order valence-corrected chi connectivity index (χ1v) is 4.17. The van der Waals surface area contributed by atoms with E-state index in [-0.39, 0.29) is 19.0 Å². The van der Waals surface area contributed by atoms with Gasteiger partial charge in [0.05, 0.1) is 13.2 Å². The number of hydrogen-bond acceptors (Lipinski definition) is 3. The average Bonchev–Trinajstić information content (AvgIpc) is 2.05. The molecule has 1 aromatic heterocycles. The second-order valence-electron chi connectivity index (χ2n) is 3.07. The van der Waals surface area contributed by atoms with Crippen molar-refractivity contribution in [3.8, 4) is 0 Å². The second-order valence-corrected chi connectivity index (χ2v) is 3.51. The first-order chi connectivity index (χ1) is 6.12. The number of nitrogens with one attached hydrogen (secondary N) is 1. The predicted octanol–water partition coefficient (Wildman–Crippen LogP) is 1.64. The topological polar surface area (TPSA) is 66.2 Å². The molecule has 4 nitrogen and oxygen atoms in total. The lowest BCUT2D eigenvalue weighted by Crippen LogP contribution is -2.46. The van der Waals surface area contributed by atoms with Gasteiger partial charge in [0.1, 0.15) is 5.60 Å². The van der Waals surface area contributed by atoms with Crippen LogP contribution in [0.3, 0.4) is 0 Å². The fourth-order valence-electron chi connectivity index (χ4n) is 1.24. The molecule has 1 fully saturated rings. The van der Waals surface area contributed by atoms with Crippen LogP contribution in [-0.4, -0.2) is 23.3 Å². The summed E-state index contributed by atoms with van der Waals surface area (Å²) >= 11 is 5.71. The number of ether oxygens (including phenoxy) is 1. The molecule has 1 aliphatic heterocycles. The van der Waals surface area contributed by atoms with E-state index < -0.39 is 5.60 Å². The molecule has 1 saturated heterocycles. The molecule has 0 amide bonds. The van der Waals surface area contributed by atoms with Crippen LogP contribution >= 0.6 is 11.6 Å². The van der Waals surface area contributed by atoms with Crippen molar-refractivity contribution in [1.82, 2.24) is 4.98 Å². The quantitative estimate of drug-likeness (QED) is 0.748. The van der Waals surface area contributed by atoms with E-state index in [1.165, 1.54) is 6.20 Å². The molecule has 0 atom stereocenters. The van der Waals surface area contributed by atoms with Gasteiger partial charge in [-0.1, -0.05) is 23.6 Å². The summed E-state index contributed by atoms with van der Waals surface area (Å²) in [5.74, 6) is 0.0511. The van der Waals surface area contributed by atoms with E-state index in [4.69, 9.17) is 22.1 Å². The molecule has 0 radical (unpaired) electrons. The van der Waals surface area contributed by atoms with Gasteiger partial charge in [-0.15, -0.1) is 0 Å². The summed E-state index contributed by atoms with van der Waals surface area (Å²) in [6, 6.07) is 1.55. The van der Waals surface area contributed by atoms with Gasteiger partial charge in [0.15, 0.2) is 0 Å². The van der Waals surface area contributed by atoms with Crippen molar-refractivity contribution in [2.75, 3.05) is 13.2 Å². The third-order valence-corrected chi connectivity index (χ3v) is 2.24. The normalized spacial score (nSPS) is 19.5. The van der Waals surface area contributed by atoms with Gasteiger partial charge in [-0.25, -0.2) is 0 Å².